The molecule has 1 saturated heterocycles. The number of fused-ring (bicyclic) bond motifs is 1. The molecule has 178 valence electrons. The second kappa shape index (κ2) is 9.57. The number of amides is 1. The molecular weight excluding hydrogens is 505 g/mol. The Morgan fingerprint density at radius 3 is 2.29 bits per heavy atom. The second-order valence-electron chi connectivity index (χ2n) is 8.43. The molecule has 0 radical (unpaired) electrons. The summed E-state index contributed by atoms with van der Waals surface area (Å²) in [4.78, 5) is 23.6. The topological polar surface area (TPSA) is 80.2 Å². The standard InChI is InChI=1S/C26H21Cl2N3O3S/c27-18-7-10-21(22(28)15-18)17-5-8-19(9-6-17)35(33,34)20-11-13-31(14-12-20)26(32)25-16-29-23-3-1-2-4-24(23)30-25/h1-10,15-16,20H,11-14H2. The first-order valence-electron chi connectivity index (χ1n) is 11.1. The lowest BCUT2D eigenvalue weighted by Crippen LogP contribution is -2.42. The Bertz CT molecular complexity index is 1520. The molecule has 2 heterocycles. The van der Waals surface area contributed by atoms with Gasteiger partial charge in [0.05, 0.1) is 27.4 Å². The zero-order valence-electron chi connectivity index (χ0n) is 18.6. The third kappa shape index (κ3) is 4.76. The van der Waals surface area contributed by atoms with E-state index in [4.69, 9.17) is 23.2 Å². The first-order valence-corrected chi connectivity index (χ1v) is 13.4. The summed E-state index contributed by atoms with van der Waals surface area (Å²) < 4.78 is 26.5. The van der Waals surface area contributed by atoms with E-state index in [0.717, 1.165) is 16.6 Å². The maximum absolute atomic E-state index is 13.3. The molecule has 6 nitrogen and oxygen atoms in total. The maximum Gasteiger partial charge on any atom is 0.274 e. The summed E-state index contributed by atoms with van der Waals surface area (Å²) in [6.45, 7) is 0.686. The largest absolute Gasteiger partial charge is 0.337 e. The molecule has 4 aromatic rings. The Morgan fingerprint density at radius 2 is 1.60 bits per heavy atom. The van der Waals surface area contributed by atoms with Gasteiger partial charge in [-0.3, -0.25) is 9.78 Å². The normalized spacial score (nSPS) is 14.9. The molecule has 3 aromatic carbocycles. The molecule has 0 aliphatic carbocycles. The molecule has 0 bridgehead atoms. The Labute approximate surface area is 213 Å². The Balaban J connectivity index is 1.28. The van der Waals surface area contributed by atoms with Gasteiger partial charge in [-0.05, 0) is 54.8 Å². The van der Waals surface area contributed by atoms with Crippen LogP contribution in [-0.4, -0.2) is 47.5 Å². The minimum absolute atomic E-state index is 0.233. The molecule has 35 heavy (non-hydrogen) atoms. The lowest BCUT2D eigenvalue weighted by molar-refractivity contribution is 0.0719. The van der Waals surface area contributed by atoms with Crippen LogP contribution in [0.3, 0.4) is 0 Å². The van der Waals surface area contributed by atoms with Crippen LogP contribution in [0.5, 0.6) is 0 Å². The SMILES string of the molecule is O=C(c1cnc2ccccc2n1)N1CCC(S(=O)(=O)c2ccc(-c3ccc(Cl)cc3Cl)cc2)CC1. The van der Waals surface area contributed by atoms with Crippen LogP contribution in [0.15, 0.2) is 77.8 Å². The number of piperidine rings is 1. The van der Waals surface area contributed by atoms with Gasteiger partial charge in [0, 0.05) is 28.7 Å². The first kappa shape index (κ1) is 23.7. The summed E-state index contributed by atoms with van der Waals surface area (Å²) in [5.74, 6) is -0.233. The second-order valence-corrected chi connectivity index (χ2v) is 11.5. The maximum atomic E-state index is 13.3. The lowest BCUT2D eigenvalue weighted by Gasteiger charge is -2.31. The van der Waals surface area contributed by atoms with E-state index in [1.165, 1.54) is 6.20 Å². The van der Waals surface area contributed by atoms with Crippen molar-refractivity contribution >= 4 is 50.0 Å². The van der Waals surface area contributed by atoms with E-state index in [-0.39, 0.29) is 16.5 Å². The van der Waals surface area contributed by atoms with E-state index >= 15 is 0 Å². The van der Waals surface area contributed by atoms with E-state index in [2.05, 4.69) is 9.97 Å². The molecule has 1 fully saturated rings. The lowest BCUT2D eigenvalue weighted by atomic mass is 10.1. The summed E-state index contributed by atoms with van der Waals surface area (Å²) in [5, 5.41) is 0.482. The molecular formula is C26H21Cl2N3O3S. The van der Waals surface area contributed by atoms with Gasteiger partial charge in [0.2, 0.25) is 0 Å². The predicted molar refractivity (Wildman–Crippen MR) is 138 cm³/mol. The predicted octanol–water partition coefficient (Wildman–Crippen LogP) is 5.68. The minimum atomic E-state index is -3.54. The fraction of sp³-hybridized carbons (Fsp3) is 0.192. The van der Waals surface area contributed by atoms with Gasteiger partial charge in [0.15, 0.2) is 9.84 Å². The van der Waals surface area contributed by atoms with Gasteiger partial charge in [-0.25, -0.2) is 13.4 Å². The van der Waals surface area contributed by atoms with Gasteiger partial charge in [-0.1, -0.05) is 53.5 Å². The number of halogens is 2. The van der Waals surface area contributed by atoms with Crippen molar-refractivity contribution < 1.29 is 13.2 Å². The number of hydrogen-bond donors (Lipinski definition) is 0. The van der Waals surface area contributed by atoms with Crippen LogP contribution in [0.4, 0.5) is 0 Å². The highest BCUT2D eigenvalue weighted by atomic mass is 35.5. The number of hydrogen-bond acceptors (Lipinski definition) is 5. The number of carbonyl (C=O) groups excluding carboxylic acids is 1. The van der Waals surface area contributed by atoms with Crippen LogP contribution in [0, 0.1) is 0 Å². The highest BCUT2D eigenvalue weighted by molar-refractivity contribution is 7.92. The number of para-hydroxylation sites is 2. The van der Waals surface area contributed by atoms with Crippen LogP contribution in [0.2, 0.25) is 10.0 Å². The van der Waals surface area contributed by atoms with Crippen molar-refractivity contribution in [3.05, 3.63) is 88.7 Å². The van der Waals surface area contributed by atoms with Crippen molar-refractivity contribution in [1.82, 2.24) is 14.9 Å². The van der Waals surface area contributed by atoms with E-state index in [0.29, 0.717) is 41.5 Å². The molecule has 1 aliphatic rings. The van der Waals surface area contributed by atoms with Crippen LogP contribution in [0.1, 0.15) is 23.3 Å². The average molecular weight is 526 g/mol. The molecule has 0 unspecified atom stereocenters. The molecule has 1 amide bonds. The van der Waals surface area contributed by atoms with E-state index in [9.17, 15) is 13.2 Å². The van der Waals surface area contributed by atoms with Gasteiger partial charge < -0.3 is 4.90 Å². The minimum Gasteiger partial charge on any atom is -0.337 e. The number of sulfone groups is 1. The molecule has 1 aliphatic heterocycles. The average Bonchev–Trinajstić information content (AvgIpc) is 2.88. The molecule has 1 aromatic heterocycles. The van der Waals surface area contributed by atoms with Gasteiger partial charge in [0.1, 0.15) is 5.69 Å². The number of carbonyl (C=O) groups is 1. The van der Waals surface area contributed by atoms with E-state index in [1.54, 1.807) is 47.4 Å². The van der Waals surface area contributed by atoms with E-state index < -0.39 is 15.1 Å². The van der Waals surface area contributed by atoms with Crippen molar-refractivity contribution in [3.63, 3.8) is 0 Å². The number of nitrogens with zero attached hydrogens (tertiary/aromatic N) is 3. The fourth-order valence-corrected chi connectivity index (χ4v) is 6.58. The van der Waals surface area contributed by atoms with Gasteiger partial charge >= 0.3 is 0 Å². The van der Waals surface area contributed by atoms with Gasteiger partial charge in [-0.2, -0.15) is 0 Å². The monoisotopic (exact) mass is 525 g/mol. The highest BCUT2D eigenvalue weighted by Crippen LogP contribution is 2.32. The molecule has 0 saturated carbocycles. The third-order valence-corrected chi connectivity index (χ3v) is 9.09. The molecule has 0 atom stereocenters. The number of benzene rings is 3. The summed E-state index contributed by atoms with van der Waals surface area (Å²) in [6.07, 6.45) is 2.20. The van der Waals surface area contributed by atoms with Crippen molar-refractivity contribution in [2.24, 2.45) is 0 Å². The van der Waals surface area contributed by atoms with Crippen molar-refractivity contribution in [3.8, 4) is 11.1 Å². The van der Waals surface area contributed by atoms with E-state index in [1.807, 2.05) is 24.3 Å². The molecule has 0 spiro atoms. The summed E-state index contributed by atoms with van der Waals surface area (Å²) >= 11 is 12.3. The molecule has 0 N–H and O–H groups in total. The Kier molecular flexibility index (Phi) is 6.49. The Hall–Kier alpha value is -3.00. The van der Waals surface area contributed by atoms with Crippen LogP contribution in [-0.2, 0) is 9.84 Å². The first-order chi connectivity index (χ1) is 16.8. The van der Waals surface area contributed by atoms with Gasteiger partial charge in [0.25, 0.3) is 5.91 Å². The number of rotatable bonds is 4. The molecule has 5 rings (SSSR count). The van der Waals surface area contributed by atoms with Crippen LogP contribution in [0.25, 0.3) is 22.2 Å². The van der Waals surface area contributed by atoms with Gasteiger partial charge in [-0.15, -0.1) is 0 Å². The quantitative estimate of drug-likeness (QED) is 0.342. The van der Waals surface area contributed by atoms with Crippen LogP contribution < -0.4 is 0 Å². The highest BCUT2D eigenvalue weighted by Gasteiger charge is 2.33. The van der Waals surface area contributed by atoms with Crippen LogP contribution >= 0.6 is 23.2 Å². The summed E-state index contributed by atoms with van der Waals surface area (Å²) in [6, 6.07) is 19.3. The fourth-order valence-electron chi connectivity index (χ4n) is 4.33. The van der Waals surface area contributed by atoms with Crippen molar-refractivity contribution in [2.75, 3.05) is 13.1 Å². The number of likely N-dealkylation sites (tertiary alicyclic amines) is 1. The zero-order chi connectivity index (χ0) is 24.6. The zero-order valence-corrected chi connectivity index (χ0v) is 20.9. The van der Waals surface area contributed by atoms with Crippen molar-refractivity contribution in [1.29, 1.82) is 0 Å². The molecule has 9 heteroatoms. The smallest absolute Gasteiger partial charge is 0.274 e. The van der Waals surface area contributed by atoms with Crippen molar-refractivity contribution in [2.45, 2.75) is 23.0 Å². The summed E-state index contributed by atoms with van der Waals surface area (Å²) in [5.41, 5.74) is 3.23. The number of aromatic nitrogens is 2. The summed E-state index contributed by atoms with van der Waals surface area (Å²) in [7, 11) is -3.54. The Morgan fingerprint density at radius 1 is 0.914 bits per heavy atom. The third-order valence-electron chi connectivity index (χ3n) is 6.26.